The summed E-state index contributed by atoms with van der Waals surface area (Å²) in [4.78, 5) is 20.2. The van der Waals surface area contributed by atoms with Crippen molar-refractivity contribution in [3.05, 3.63) is 48.2 Å². The highest BCUT2D eigenvalue weighted by Gasteiger charge is 2.25. The van der Waals surface area contributed by atoms with Crippen molar-refractivity contribution in [3.8, 4) is 11.8 Å². The second-order valence-corrected chi connectivity index (χ2v) is 6.74. The third-order valence-corrected chi connectivity index (χ3v) is 4.83. The molecule has 146 valence electrons. The zero-order valence-corrected chi connectivity index (χ0v) is 15.4. The van der Waals surface area contributed by atoms with E-state index in [9.17, 15) is 9.18 Å². The third-order valence-electron chi connectivity index (χ3n) is 4.83. The quantitative estimate of drug-likeness (QED) is 0.724. The molecule has 1 fully saturated rings. The van der Waals surface area contributed by atoms with Crippen LogP contribution >= 0.6 is 0 Å². The number of ether oxygens (including phenoxy) is 2. The van der Waals surface area contributed by atoms with Gasteiger partial charge in [0.05, 0.1) is 19.5 Å². The van der Waals surface area contributed by atoms with Gasteiger partial charge in [0.15, 0.2) is 22.9 Å². The van der Waals surface area contributed by atoms with Gasteiger partial charge in [-0.25, -0.2) is 14.4 Å². The van der Waals surface area contributed by atoms with Gasteiger partial charge < -0.3 is 19.2 Å². The van der Waals surface area contributed by atoms with Crippen LogP contribution in [0.5, 0.6) is 11.8 Å². The molecule has 4 rings (SSSR count). The second kappa shape index (κ2) is 7.84. The van der Waals surface area contributed by atoms with Crippen molar-refractivity contribution >= 4 is 16.9 Å². The molecule has 2 aromatic heterocycles. The summed E-state index contributed by atoms with van der Waals surface area (Å²) >= 11 is 0. The highest BCUT2D eigenvalue weighted by atomic mass is 19.1. The van der Waals surface area contributed by atoms with E-state index in [1.807, 2.05) is 12.1 Å². The molecule has 28 heavy (non-hydrogen) atoms. The molecule has 1 aromatic carbocycles. The topological polar surface area (TPSA) is 86.5 Å². The van der Waals surface area contributed by atoms with E-state index in [4.69, 9.17) is 13.9 Å². The van der Waals surface area contributed by atoms with E-state index in [1.54, 1.807) is 19.2 Å². The fraction of sp³-hybridized carbons (Fsp3) is 0.350. The molecule has 1 aliphatic rings. The van der Waals surface area contributed by atoms with Crippen LogP contribution in [0.1, 0.15) is 36.2 Å². The lowest BCUT2D eigenvalue weighted by atomic mass is 9.93. The Labute approximate surface area is 160 Å². The molecule has 0 saturated heterocycles. The van der Waals surface area contributed by atoms with Crippen LogP contribution in [0.2, 0.25) is 0 Å². The largest absolute Gasteiger partial charge is 0.493 e. The number of carbonyl (C=O) groups excluding carboxylic acids is 1. The summed E-state index contributed by atoms with van der Waals surface area (Å²) in [5, 5.41) is 3.84. The monoisotopic (exact) mass is 385 g/mol. The maximum Gasteiger partial charge on any atom is 0.316 e. The van der Waals surface area contributed by atoms with Gasteiger partial charge in [-0.2, -0.15) is 0 Å². The Balaban J connectivity index is 1.33. The van der Waals surface area contributed by atoms with Crippen molar-refractivity contribution in [1.82, 2.24) is 15.3 Å². The molecule has 1 saturated carbocycles. The molecule has 7 nitrogen and oxygen atoms in total. The SMILES string of the molecule is COc1cccc2cc(C(=O)NC3CCC(Oc4ncc(F)cn4)CC3)oc12. The van der Waals surface area contributed by atoms with Crippen LogP contribution in [0, 0.1) is 5.82 Å². The minimum Gasteiger partial charge on any atom is -0.493 e. The number of nitrogens with zero attached hydrogens (tertiary/aromatic N) is 2. The Morgan fingerprint density at radius 3 is 2.68 bits per heavy atom. The van der Waals surface area contributed by atoms with Crippen molar-refractivity contribution in [2.75, 3.05) is 7.11 Å². The number of rotatable bonds is 5. The number of benzene rings is 1. The van der Waals surface area contributed by atoms with Gasteiger partial charge in [0.25, 0.3) is 5.91 Å². The Morgan fingerprint density at radius 2 is 1.96 bits per heavy atom. The molecule has 8 heteroatoms. The third kappa shape index (κ3) is 3.90. The van der Waals surface area contributed by atoms with Gasteiger partial charge in [0.1, 0.15) is 6.10 Å². The summed E-state index contributed by atoms with van der Waals surface area (Å²) in [7, 11) is 1.56. The van der Waals surface area contributed by atoms with Gasteiger partial charge >= 0.3 is 6.01 Å². The lowest BCUT2D eigenvalue weighted by Crippen LogP contribution is -2.39. The van der Waals surface area contributed by atoms with E-state index in [0.29, 0.717) is 11.3 Å². The molecule has 1 N–H and O–H groups in total. The Bertz CT molecular complexity index is 965. The van der Waals surface area contributed by atoms with Gasteiger partial charge in [0.2, 0.25) is 0 Å². The number of halogens is 1. The number of methoxy groups -OCH3 is 1. The van der Waals surface area contributed by atoms with E-state index in [2.05, 4.69) is 15.3 Å². The summed E-state index contributed by atoms with van der Waals surface area (Å²) in [5.74, 6) is 0.112. The minimum absolute atomic E-state index is 0.0385. The van der Waals surface area contributed by atoms with Crippen LogP contribution in [0.15, 0.2) is 41.1 Å². The maximum absolute atomic E-state index is 12.9. The molecule has 0 bridgehead atoms. The molecule has 0 atom stereocenters. The number of para-hydroxylation sites is 1. The van der Waals surface area contributed by atoms with Crippen LogP contribution in [-0.4, -0.2) is 35.1 Å². The number of hydrogen-bond acceptors (Lipinski definition) is 6. The van der Waals surface area contributed by atoms with Crippen molar-refractivity contribution < 1.29 is 23.1 Å². The highest BCUT2D eigenvalue weighted by Crippen LogP contribution is 2.29. The minimum atomic E-state index is -0.498. The number of hydrogen-bond donors (Lipinski definition) is 1. The lowest BCUT2D eigenvalue weighted by Gasteiger charge is -2.28. The van der Waals surface area contributed by atoms with Crippen molar-refractivity contribution in [2.24, 2.45) is 0 Å². The molecule has 1 aliphatic carbocycles. The first-order chi connectivity index (χ1) is 13.6. The second-order valence-electron chi connectivity index (χ2n) is 6.74. The Morgan fingerprint density at radius 1 is 1.21 bits per heavy atom. The zero-order valence-electron chi connectivity index (χ0n) is 15.4. The van der Waals surface area contributed by atoms with E-state index in [0.717, 1.165) is 43.5 Å². The van der Waals surface area contributed by atoms with E-state index >= 15 is 0 Å². The molecule has 0 spiro atoms. The first-order valence-corrected chi connectivity index (χ1v) is 9.14. The number of amides is 1. The molecule has 1 amide bonds. The van der Waals surface area contributed by atoms with Gasteiger partial charge in [-0.05, 0) is 37.8 Å². The van der Waals surface area contributed by atoms with E-state index in [-0.39, 0.29) is 29.8 Å². The molecular formula is C20H20FN3O4. The Kier molecular flexibility index (Phi) is 5.10. The Hall–Kier alpha value is -3.16. The molecule has 0 aliphatic heterocycles. The number of fused-ring (bicyclic) bond motifs is 1. The van der Waals surface area contributed by atoms with E-state index in [1.165, 1.54) is 0 Å². The fourth-order valence-corrected chi connectivity index (χ4v) is 3.40. The van der Waals surface area contributed by atoms with Gasteiger partial charge in [0, 0.05) is 11.4 Å². The highest BCUT2D eigenvalue weighted by molar-refractivity contribution is 5.97. The average molecular weight is 385 g/mol. The normalized spacial score (nSPS) is 19.4. The predicted molar refractivity (Wildman–Crippen MR) is 98.9 cm³/mol. The molecule has 2 heterocycles. The number of aromatic nitrogens is 2. The van der Waals surface area contributed by atoms with Crippen LogP contribution < -0.4 is 14.8 Å². The smallest absolute Gasteiger partial charge is 0.316 e. The average Bonchev–Trinajstić information content (AvgIpc) is 3.16. The summed E-state index contributed by atoms with van der Waals surface area (Å²) in [6.07, 6.45) is 5.14. The van der Waals surface area contributed by atoms with Crippen molar-refractivity contribution in [1.29, 1.82) is 0 Å². The fourth-order valence-electron chi connectivity index (χ4n) is 3.40. The first kappa shape index (κ1) is 18.2. The standard InChI is InChI=1S/C20H20FN3O4/c1-26-16-4-2-3-12-9-17(28-18(12)16)19(25)24-14-5-7-15(8-6-14)27-20-22-10-13(21)11-23-20/h2-4,9-11,14-15H,5-8H2,1H3,(H,24,25). The zero-order chi connectivity index (χ0) is 19.5. The summed E-state index contributed by atoms with van der Waals surface area (Å²) in [6.45, 7) is 0. The van der Waals surface area contributed by atoms with Crippen LogP contribution in [0.3, 0.4) is 0 Å². The number of furan rings is 1. The molecule has 0 radical (unpaired) electrons. The van der Waals surface area contributed by atoms with Gasteiger partial charge in [-0.15, -0.1) is 0 Å². The van der Waals surface area contributed by atoms with E-state index < -0.39 is 5.82 Å². The summed E-state index contributed by atoms with van der Waals surface area (Å²) in [5.41, 5.74) is 0.562. The van der Waals surface area contributed by atoms with Gasteiger partial charge in [-0.1, -0.05) is 12.1 Å². The molecule has 3 aromatic rings. The maximum atomic E-state index is 12.9. The number of nitrogens with one attached hydrogen (secondary N) is 1. The number of carbonyl (C=O) groups is 1. The molecule has 0 unspecified atom stereocenters. The lowest BCUT2D eigenvalue weighted by molar-refractivity contribution is 0.0861. The summed E-state index contributed by atoms with van der Waals surface area (Å²) < 4.78 is 29.5. The summed E-state index contributed by atoms with van der Waals surface area (Å²) in [6, 6.07) is 7.44. The van der Waals surface area contributed by atoms with Crippen LogP contribution in [-0.2, 0) is 0 Å². The predicted octanol–water partition coefficient (Wildman–Crippen LogP) is 3.49. The van der Waals surface area contributed by atoms with Crippen molar-refractivity contribution in [2.45, 2.75) is 37.8 Å². The molecular weight excluding hydrogens is 365 g/mol. The first-order valence-electron chi connectivity index (χ1n) is 9.14. The van der Waals surface area contributed by atoms with Gasteiger partial charge in [-0.3, -0.25) is 4.79 Å². The van der Waals surface area contributed by atoms with Crippen LogP contribution in [0.4, 0.5) is 4.39 Å². The van der Waals surface area contributed by atoms with Crippen molar-refractivity contribution in [3.63, 3.8) is 0 Å². The van der Waals surface area contributed by atoms with Crippen LogP contribution in [0.25, 0.3) is 11.0 Å².